The van der Waals surface area contributed by atoms with E-state index in [0.29, 0.717) is 25.3 Å². The highest BCUT2D eigenvalue weighted by Crippen LogP contribution is 2.34. The molecule has 1 N–H and O–H groups in total. The van der Waals surface area contributed by atoms with E-state index in [-0.39, 0.29) is 0 Å². The fraction of sp³-hybridized carbons (Fsp3) is 0.391. The van der Waals surface area contributed by atoms with Gasteiger partial charge in [-0.25, -0.2) is 0 Å². The lowest BCUT2D eigenvalue weighted by molar-refractivity contribution is -0.0283. The molecule has 0 saturated carbocycles. The van der Waals surface area contributed by atoms with E-state index in [1.807, 2.05) is 18.2 Å². The fourth-order valence-corrected chi connectivity index (χ4v) is 3.84. The molecule has 1 aliphatic rings. The van der Waals surface area contributed by atoms with Gasteiger partial charge in [0, 0.05) is 19.5 Å². The van der Waals surface area contributed by atoms with Gasteiger partial charge in [-0.2, -0.15) is 4.98 Å². The van der Waals surface area contributed by atoms with Crippen LogP contribution in [0.3, 0.4) is 0 Å². The van der Waals surface area contributed by atoms with Gasteiger partial charge >= 0.3 is 0 Å². The van der Waals surface area contributed by atoms with E-state index >= 15 is 0 Å². The standard InChI is InChI=1S/C23H27N3O2/c1-2-6-22-24-21(25-28-22)17-26-15-13-23(27,14-16-26)20-11-9-19(10-12-20)18-7-4-3-5-8-18/h3-5,7-12,27H,2,6,13-17H2,1H3. The topological polar surface area (TPSA) is 62.4 Å². The molecular weight excluding hydrogens is 350 g/mol. The smallest absolute Gasteiger partial charge is 0.226 e. The van der Waals surface area contributed by atoms with E-state index < -0.39 is 5.60 Å². The Hall–Kier alpha value is -2.50. The van der Waals surface area contributed by atoms with Crippen molar-refractivity contribution < 1.29 is 9.63 Å². The Morgan fingerprint density at radius 3 is 2.36 bits per heavy atom. The lowest BCUT2D eigenvalue weighted by Crippen LogP contribution is -2.42. The summed E-state index contributed by atoms with van der Waals surface area (Å²) in [4.78, 5) is 6.73. The van der Waals surface area contributed by atoms with Crippen LogP contribution in [-0.4, -0.2) is 33.2 Å². The molecule has 1 aromatic heterocycles. The zero-order chi connectivity index (χ0) is 19.4. The summed E-state index contributed by atoms with van der Waals surface area (Å²) in [5, 5.41) is 15.3. The summed E-state index contributed by atoms with van der Waals surface area (Å²) >= 11 is 0. The maximum atomic E-state index is 11.2. The van der Waals surface area contributed by atoms with Crippen molar-refractivity contribution in [1.82, 2.24) is 15.0 Å². The van der Waals surface area contributed by atoms with Gasteiger partial charge in [0.2, 0.25) is 5.89 Å². The van der Waals surface area contributed by atoms with E-state index in [9.17, 15) is 5.11 Å². The first kappa shape index (κ1) is 18.8. The number of aromatic nitrogens is 2. The molecule has 5 heteroatoms. The Labute approximate surface area is 166 Å². The first-order valence-electron chi connectivity index (χ1n) is 10.1. The van der Waals surface area contributed by atoms with Gasteiger partial charge in [0.15, 0.2) is 5.82 Å². The molecule has 0 amide bonds. The van der Waals surface area contributed by atoms with Crippen molar-refractivity contribution in [2.75, 3.05) is 13.1 Å². The number of nitrogens with zero attached hydrogens (tertiary/aromatic N) is 3. The molecule has 28 heavy (non-hydrogen) atoms. The van der Waals surface area contributed by atoms with Crippen LogP contribution in [0.15, 0.2) is 59.1 Å². The predicted octanol–water partition coefficient (Wildman–Crippen LogP) is 4.17. The van der Waals surface area contributed by atoms with Crippen molar-refractivity contribution in [3.8, 4) is 11.1 Å². The molecule has 0 radical (unpaired) electrons. The number of benzene rings is 2. The number of piperidine rings is 1. The van der Waals surface area contributed by atoms with E-state index in [1.54, 1.807) is 0 Å². The van der Waals surface area contributed by atoms with Crippen LogP contribution in [0.1, 0.15) is 43.5 Å². The molecule has 0 spiro atoms. The summed E-state index contributed by atoms with van der Waals surface area (Å²) in [6.07, 6.45) is 3.24. The van der Waals surface area contributed by atoms with Gasteiger partial charge < -0.3 is 9.63 Å². The first-order chi connectivity index (χ1) is 13.7. The van der Waals surface area contributed by atoms with Crippen LogP contribution >= 0.6 is 0 Å². The Kier molecular flexibility index (Phi) is 5.55. The second-order valence-corrected chi connectivity index (χ2v) is 7.61. The van der Waals surface area contributed by atoms with Gasteiger partial charge in [-0.1, -0.05) is 66.7 Å². The van der Waals surface area contributed by atoms with Crippen molar-refractivity contribution in [2.24, 2.45) is 0 Å². The number of hydrogen-bond acceptors (Lipinski definition) is 5. The van der Waals surface area contributed by atoms with Crippen molar-refractivity contribution in [3.05, 3.63) is 71.9 Å². The van der Waals surface area contributed by atoms with Gasteiger partial charge in [-0.15, -0.1) is 0 Å². The van der Waals surface area contributed by atoms with Crippen LogP contribution in [0.2, 0.25) is 0 Å². The lowest BCUT2D eigenvalue weighted by Gasteiger charge is -2.38. The molecule has 0 atom stereocenters. The van der Waals surface area contributed by atoms with Crippen LogP contribution in [-0.2, 0) is 18.6 Å². The average Bonchev–Trinajstić information content (AvgIpc) is 3.18. The summed E-state index contributed by atoms with van der Waals surface area (Å²) in [6.45, 7) is 4.40. The molecule has 3 aromatic rings. The highest BCUT2D eigenvalue weighted by molar-refractivity contribution is 5.63. The number of aliphatic hydroxyl groups is 1. The van der Waals surface area contributed by atoms with Gasteiger partial charge in [-0.05, 0) is 36.0 Å². The third kappa shape index (κ3) is 4.16. The Balaban J connectivity index is 1.37. The van der Waals surface area contributed by atoms with E-state index in [2.05, 4.69) is 58.4 Å². The van der Waals surface area contributed by atoms with Crippen LogP contribution in [0.5, 0.6) is 0 Å². The average molecular weight is 377 g/mol. The van der Waals surface area contributed by atoms with Gasteiger partial charge in [0.25, 0.3) is 0 Å². The van der Waals surface area contributed by atoms with Crippen LogP contribution < -0.4 is 0 Å². The van der Waals surface area contributed by atoms with E-state index in [1.165, 1.54) is 11.1 Å². The third-order valence-electron chi connectivity index (χ3n) is 5.55. The summed E-state index contributed by atoms with van der Waals surface area (Å²) in [7, 11) is 0. The molecule has 1 fully saturated rings. The van der Waals surface area contributed by atoms with Gasteiger partial charge in [0.1, 0.15) is 0 Å². The normalized spacial score (nSPS) is 16.9. The van der Waals surface area contributed by atoms with Crippen molar-refractivity contribution in [1.29, 1.82) is 0 Å². The van der Waals surface area contributed by atoms with E-state index in [4.69, 9.17) is 4.52 Å². The van der Waals surface area contributed by atoms with Gasteiger partial charge in [-0.3, -0.25) is 4.90 Å². The summed E-state index contributed by atoms with van der Waals surface area (Å²) in [5.41, 5.74) is 2.59. The molecule has 0 unspecified atom stereocenters. The fourth-order valence-electron chi connectivity index (χ4n) is 3.84. The first-order valence-corrected chi connectivity index (χ1v) is 10.1. The SMILES string of the molecule is CCCc1nc(CN2CCC(O)(c3ccc(-c4ccccc4)cc3)CC2)no1. The van der Waals surface area contributed by atoms with Crippen LogP contribution in [0.25, 0.3) is 11.1 Å². The Bertz CT molecular complexity index is 882. The molecule has 1 saturated heterocycles. The lowest BCUT2D eigenvalue weighted by atomic mass is 9.84. The molecule has 4 rings (SSSR count). The minimum Gasteiger partial charge on any atom is -0.385 e. The van der Waals surface area contributed by atoms with Gasteiger partial charge in [0.05, 0.1) is 12.1 Å². The van der Waals surface area contributed by atoms with Crippen molar-refractivity contribution in [2.45, 2.75) is 44.8 Å². The molecule has 2 heterocycles. The number of rotatable bonds is 6. The molecule has 5 nitrogen and oxygen atoms in total. The maximum absolute atomic E-state index is 11.2. The third-order valence-corrected chi connectivity index (χ3v) is 5.55. The highest BCUT2D eigenvalue weighted by Gasteiger charge is 2.34. The predicted molar refractivity (Wildman–Crippen MR) is 109 cm³/mol. The zero-order valence-electron chi connectivity index (χ0n) is 16.3. The molecule has 1 aliphatic heterocycles. The van der Waals surface area contributed by atoms with Crippen LogP contribution in [0.4, 0.5) is 0 Å². The number of aryl methyl sites for hydroxylation is 1. The highest BCUT2D eigenvalue weighted by atomic mass is 16.5. The maximum Gasteiger partial charge on any atom is 0.226 e. The van der Waals surface area contributed by atoms with Crippen LogP contribution in [0, 0.1) is 0 Å². The molecule has 146 valence electrons. The molecule has 0 bridgehead atoms. The molecule has 2 aromatic carbocycles. The second-order valence-electron chi connectivity index (χ2n) is 7.61. The largest absolute Gasteiger partial charge is 0.385 e. The molecule has 0 aliphatic carbocycles. The summed E-state index contributed by atoms with van der Waals surface area (Å²) in [6, 6.07) is 18.6. The van der Waals surface area contributed by atoms with Crippen molar-refractivity contribution >= 4 is 0 Å². The van der Waals surface area contributed by atoms with Crippen molar-refractivity contribution in [3.63, 3.8) is 0 Å². The second kappa shape index (κ2) is 8.25. The minimum atomic E-state index is -0.768. The number of likely N-dealkylation sites (tertiary alicyclic amines) is 1. The summed E-state index contributed by atoms with van der Waals surface area (Å²) < 4.78 is 5.27. The number of hydrogen-bond donors (Lipinski definition) is 1. The van der Waals surface area contributed by atoms with E-state index in [0.717, 1.165) is 37.3 Å². The quantitative estimate of drug-likeness (QED) is 0.698. The molecular formula is C23H27N3O2. The monoisotopic (exact) mass is 377 g/mol. The Morgan fingerprint density at radius 1 is 1.00 bits per heavy atom. The zero-order valence-corrected chi connectivity index (χ0v) is 16.3. The summed E-state index contributed by atoms with van der Waals surface area (Å²) in [5.74, 6) is 1.45. The minimum absolute atomic E-state index is 0.677. The Morgan fingerprint density at radius 2 is 1.68 bits per heavy atom.